The summed E-state index contributed by atoms with van der Waals surface area (Å²) < 4.78 is 5.60. The molecule has 1 aliphatic heterocycles. The van der Waals surface area contributed by atoms with Crippen LogP contribution in [-0.2, 0) is 4.79 Å². The SMILES string of the molecule is CN(C)C1CCN(C(=O)COc2ccccc2C(N)=S)C1. The maximum absolute atomic E-state index is 12.2. The molecule has 1 aliphatic rings. The molecule has 2 N–H and O–H groups in total. The quantitative estimate of drug-likeness (QED) is 0.818. The van der Waals surface area contributed by atoms with Gasteiger partial charge < -0.3 is 20.3 Å². The van der Waals surface area contributed by atoms with Gasteiger partial charge in [-0.1, -0.05) is 24.4 Å². The first-order chi connectivity index (χ1) is 9.99. The van der Waals surface area contributed by atoms with E-state index in [9.17, 15) is 4.79 Å². The zero-order valence-corrected chi connectivity index (χ0v) is 13.2. The lowest BCUT2D eigenvalue weighted by Crippen LogP contribution is -2.36. The maximum atomic E-state index is 12.2. The summed E-state index contributed by atoms with van der Waals surface area (Å²) in [7, 11) is 4.07. The van der Waals surface area contributed by atoms with Gasteiger partial charge in [0.2, 0.25) is 0 Å². The Morgan fingerprint density at radius 3 is 2.81 bits per heavy atom. The van der Waals surface area contributed by atoms with Crippen molar-refractivity contribution in [3.05, 3.63) is 29.8 Å². The Morgan fingerprint density at radius 1 is 1.48 bits per heavy atom. The Morgan fingerprint density at radius 2 is 2.19 bits per heavy atom. The number of benzene rings is 1. The van der Waals surface area contributed by atoms with Crippen molar-refractivity contribution in [2.24, 2.45) is 5.73 Å². The Kier molecular flexibility index (Phi) is 5.14. The molecule has 0 saturated carbocycles. The Balaban J connectivity index is 1.92. The van der Waals surface area contributed by atoms with Crippen LogP contribution in [-0.4, -0.2) is 60.5 Å². The third kappa shape index (κ3) is 3.92. The maximum Gasteiger partial charge on any atom is 0.260 e. The standard InChI is InChI=1S/C15H21N3O2S/c1-17(2)11-7-8-18(9-11)14(19)10-20-13-6-4-3-5-12(13)15(16)21/h3-6,11H,7-10H2,1-2H3,(H2,16,21). The molecular formula is C15H21N3O2S. The second-order valence-corrected chi connectivity index (χ2v) is 5.83. The first-order valence-corrected chi connectivity index (χ1v) is 7.35. The number of nitrogens with zero attached hydrogens (tertiary/aromatic N) is 2. The van der Waals surface area contributed by atoms with E-state index in [0.717, 1.165) is 19.5 Å². The molecule has 2 rings (SSSR count). The van der Waals surface area contributed by atoms with E-state index in [0.29, 0.717) is 17.4 Å². The highest BCUT2D eigenvalue weighted by Crippen LogP contribution is 2.18. The molecule has 1 saturated heterocycles. The minimum atomic E-state index is -0.00269. The number of para-hydroxylation sites is 1. The van der Waals surface area contributed by atoms with Crippen molar-refractivity contribution in [2.75, 3.05) is 33.8 Å². The zero-order valence-electron chi connectivity index (χ0n) is 12.4. The van der Waals surface area contributed by atoms with Crippen molar-refractivity contribution < 1.29 is 9.53 Å². The highest BCUT2D eigenvalue weighted by atomic mass is 32.1. The van der Waals surface area contributed by atoms with Gasteiger partial charge in [0.1, 0.15) is 10.7 Å². The van der Waals surface area contributed by atoms with E-state index in [1.807, 2.05) is 31.1 Å². The van der Waals surface area contributed by atoms with E-state index in [1.165, 1.54) is 0 Å². The van der Waals surface area contributed by atoms with Gasteiger partial charge in [-0.3, -0.25) is 4.79 Å². The van der Waals surface area contributed by atoms with Crippen molar-refractivity contribution >= 4 is 23.1 Å². The smallest absolute Gasteiger partial charge is 0.260 e. The number of hydrogen-bond donors (Lipinski definition) is 1. The van der Waals surface area contributed by atoms with Crippen LogP contribution in [0.25, 0.3) is 0 Å². The number of hydrogen-bond acceptors (Lipinski definition) is 4. The van der Waals surface area contributed by atoms with E-state index in [1.54, 1.807) is 12.1 Å². The average molecular weight is 307 g/mol. The highest BCUT2D eigenvalue weighted by molar-refractivity contribution is 7.80. The van der Waals surface area contributed by atoms with Crippen LogP contribution in [0, 0.1) is 0 Å². The van der Waals surface area contributed by atoms with Crippen LogP contribution in [0.15, 0.2) is 24.3 Å². The minimum Gasteiger partial charge on any atom is -0.483 e. The summed E-state index contributed by atoms with van der Waals surface area (Å²) in [6.07, 6.45) is 1.00. The van der Waals surface area contributed by atoms with E-state index >= 15 is 0 Å². The molecule has 0 aliphatic carbocycles. The van der Waals surface area contributed by atoms with Crippen molar-refractivity contribution in [3.8, 4) is 5.75 Å². The molecule has 1 fully saturated rings. The molecule has 6 heteroatoms. The molecule has 1 unspecified atom stereocenters. The summed E-state index contributed by atoms with van der Waals surface area (Å²) in [5.41, 5.74) is 6.31. The molecule has 1 atom stereocenters. The molecule has 1 amide bonds. The van der Waals surface area contributed by atoms with E-state index in [4.69, 9.17) is 22.7 Å². The van der Waals surface area contributed by atoms with Crippen LogP contribution in [0.2, 0.25) is 0 Å². The Bertz CT molecular complexity index is 533. The largest absolute Gasteiger partial charge is 0.483 e. The van der Waals surface area contributed by atoms with Crippen molar-refractivity contribution in [2.45, 2.75) is 12.5 Å². The van der Waals surface area contributed by atoms with Gasteiger partial charge >= 0.3 is 0 Å². The number of amides is 1. The number of likely N-dealkylation sites (N-methyl/N-ethyl adjacent to an activating group) is 1. The topological polar surface area (TPSA) is 58.8 Å². The summed E-state index contributed by atoms with van der Waals surface area (Å²) in [4.78, 5) is 16.4. The van der Waals surface area contributed by atoms with Gasteiger partial charge in [0.25, 0.3) is 5.91 Å². The number of carbonyl (C=O) groups excluding carboxylic acids is 1. The minimum absolute atomic E-state index is 0.00269. The van der Waals surface area contributed by atoms with Gasteiger partial charge in [0.15, 0.2) is 6.61 Å². The first kappa shape index (κ1) is 15.7. The van der Waals surface area contributed by atoms with E-state index < -0.39 is 0 Å². The molecule has 0 bridgehead atoms. The predicted molar refractivity (Wildman–Crippen MR) is 86.5 cm³/mol. The molecule has 0 aromatic heterocycles. The van der Waals surface area contributed by atoms with Crippen LogP contribution in [0.4, 0.5) is 0 Å². The van der Waals surface area contributed by atoms with Gasteiger partial charge in [-0.15, -0.1) is 0 Å². The van der Waals surface area contributed by atoms with Crippen LogP contribution in [0.3, 0.4) is 0 Å². The number of rotatable bonds is 5. The molecule has 0 radical (unpaired) electrons. The summed E-state index contributed by atoms with van der Waals surface area (Å²) in [6, 6.07) is 7.66. The monoisotopic (exact) mass is 307 g/mol. The number of ether oxygens (including phenoxy) is 1. The van der Waals surface area contributed by atoms with Gasteiger partial charge in [-0.2, -0.15) is 0 Å². The molecule has 1 aromatic rings. The van der Waals surface area contributed by atoms with Crippen LogP contribution in [0.1, 0.15) is 12.0 Å². The molecule has 1 heterocycles. The predicted octanol–water partition coefficient (Wildman–Crippen LogP) is 0.862. The summed E-state index contributed by atoms with van der Waals surface area (Å²) >= 11 is 4.98. The fourth-order valence-corrected chi connectivity index (χ4v) is 2.59. The van der Waals surface area contributed by atoms with Crippen molar-refractivity contribution in [1.29, 1.82) is 0 Å². The Hall–Kier alpha value is -1.66. The van der Waals surface area contributed by atoms with E-state index in [2.05, 4.69) is 4.90 Å². The Labute approximate surface area is 130 Å². The molecule has 1 aromatic carbocycles. The van der Waals surface area contributed by atoms with Crippen LogP contribution < -0.4 is 10.5 Å². The van der Waals surface area contributed by atoms with Crippen molar-refractivity contribution in [1.82, 2.24) is 9.80 Å². The normalized spacial score (nSPS) is 18.0. The van der Waals surface area contributed by atoms with Gasteiger partial charge in [0.05, 0.1) is 5.56 Å². The summed E-state index contributed by atoms with van der Waals surface area (Å²) in [5.74, 6) is 0.554. The second kappa shape index (κ2) is 6.87. The zero-order chi connectivity index (χ0) is 15.4. The lowest BCUT2D eigenvalue weighted by molar-refractivity contribution is -0.132. The highest BCUT2D eigenvalue weighted by Gasteiger charge is 2.27. The van der Waals surface area contributed by atoms with Gasteiger partial charge in [0, 0.05) is 19.1 Å². The van der Waals surface area contributed by atoms with Gasteiger partial charge in [-0.25, -0.2) is 0 Å². The van der Waals surface area contributed by atoms with Gasteiger partial charge in [-0.05, 0) is 32.6 Å². The third-order valence-electron chi connectivity index (χ3n) is 3.75. The lowest BCUT2D eigenvalue weighted by Gasteiger charge is -2.20. The molecule has 114 valence electrons. The third-order valence-corrected chi connectivity index (χ3v) is 3.97. The number of nitrogens with two attached hydrogens (primary N) is 1. The number of likely N-dealkylation sites (tertiary alicyclic amines) is 1. The summed E-state index contributed by atoms with van der Waals surface area (Å²) in [5, 5.41) is 0. The first-order valence-electron chi connectivity index (χ1n) is 6.95. The fourth-order valence-electron chi connectivity index (χ4n) is 2.42. The van der Waals surface area contributed by atoms with Crippen LogP contribution >= 0.6 is 12.2 Å². The average Bonchev–Trinajstić information content (AvgIpc) is 2.95. The molecule has 21 heavy (non-hydrogen) atoms. The van der Waals surface area contributed by atoms with E-state index in [-0.39, 0.29) is 17.5 Å². The number of thiocarbonyl (C=S) groups is 1. The second-order valence-electron chi connectivity index (χ2n) is 5.39. The molecule has 0 spiro atoms. The number of carbonyl (C=O) groups is 1. The lowest BCUT2D eigenvalue weighted by atomic mass is 10.2. The summed E-state index contributed by atoms with van der Waals surface area (Å²) in [6.45, 7) is 1.55. The van der Waals surface area contributed by atoms with Crippen molar-refractivity contribution in [3.63, 3.8) is 0 Å². The molecular weight excluding hydrogens is 286 g/mol. The fraction of sp³-hybridized carbons (Fsp3) is 0.467. The molecule has 5 nitrogen and oxygen atoms in total. The van der Waals surface area contributed by atoms with Crippen LogP contribution in [0.5, 0.6) is 5.75 Å².